The Morgan fingerprint density at radius 3 is 2.33 bits per heavy atom. The summed E-state index contributed by atoms with van der Waals surface area (Å²) in [7, 11) is 0. The molecule has 1 fully saturated rings. The van der Waals surface area contributed by atoms with Gasteiger partial charge in [-0.3, -0.25) is 19.3 Å². The first kappa shape index (κ1) is 14.9. The number of hydrogen-bond donors (Lipinski definition) is 0. The largest absolute Gasteiger partial charge is 0.299 e. The van der Waals surface area contributed by atoms with E-state index in [1.165, 1.54) is 4.90 Å². The molecule has 0 spiro atoms. The van der Waals surface area contributed by atoms with Gasteiger partial charge in [0.15, 0.2) is 0 Å². The van der Waals surface area contributed by atoms with Crippen LogP contribution in [0.3, 0.4) is 0 Å². The second-order valence-electron chi connectivity index (χ2n) is 5.03. The molecule has 1 atom stereocenters. The van der Waals surface area contributed by atoms with Gasteiger partial charge in [0.25, 0.3) is 0 Å². The molecule has 1 aliphatic rings. The van der Waals surface area contributed by atoms with E-state index in [4.69, 9.17) is 0 Å². The van der Waals surface area contributed by atoms with Crippen LogP contribution in [0.5, 0.6) is 0 Å². The molecule has 4 heteroatoms. The van der Waals surface area contributed by atoms with Gasteiger partial charge in [-0.1, -0.05) is 20.3 Å². The van der Waals surface area contributed by atoms with Crippen LogP contribution in [-0.4, -0.2) is 29.0 Å². The summed E-state index contributed by atoms with van der Waals surface area (Å²) < 4.78 is 0. The molecule has 0 N–H and O–H groups in total. The molecule has 1 aliphatic heterocycles. The van der Waals surface area contributed by atoms with Crippen LogP contribution in [0.1, 0.15) is 58.8 Å². The van der Waals surface area contributed by atoms with Crippen molar-refractivity contribution in [2.75, 3.05) is 6.54 Å². The van der Waals surface area contributed by atoms with E-state index in [9.17, 15) is 14.4 Å². The molecule has 0 bridgehead atoms. The van der Waals surface area contributed by atoms with Gasteiger partial charge < -0.3 is 0 Å². The predicted molar refractivity (Wildman–Crippen MR) is 68.9 cm³/mol. The number of imide groups is 1. The summed E-state index contributed by atoms with van der Waals surface area (Å²) >= 11 is 0. The van der Waals surface area contributed by atoms with Crippen LogP contribution in [0.25, 0.3) is 0 Å². The molecule has 2 amide bonds. The molecule has 0 aromatic rings. The van der Waals surface area contributed by atoms with Crippen LogP contribution in [0, 0.1) is 5.92 Å². The Kier molecular flexibility index (Phi) is 6.02. The third-order valence-electron chi connectivity index (χ3n) is 3.62. The van der Waals surface area contributed by atoms with Gasteiger partial charge >= 0.3 is 0 Å². The summed E-state index contributed by atoms with van der Waals surface area (Å²) in [5.74, 6) is 0.393. The molecule has 0 aromatic heterocycles. The average Bonchev–Trinajstić information content (AvgIpc) is 2.68. The molecule has 1 heterocycles. The zero-order chi connectivity index (χ0) is 13.5. The Balaban J connectivity index is 2.10. The van der Waals surface area contributed by atoms with E-state index in [1.807, 2.05) is 13.8 Å². The maximum Gasteiger partial charge on any atom is 0.229 e. The summed E-state index contributed by atoms with van der Waals surface area (Å²) in [4.78, 5) is 35.6. The van der Waals surface area contributed by atoms with Gasteiger partial charge in [0.05, 0.1) is 0 Å². The first-order chi connectivity index (χ1) is 8.56. The quantitative estimate of drug-likeness (QED) is 0.492. The van der Waals surface area contributed by atoms with Crippen molar-refractivity contribution in [2.45, 2.75) is 58.8 Å². The highest BCUT2D eigenvalue weighted by atomic mass is 16.2. The number of Topliss-reactive ketones (excluding diaryl/α,β-unsaturated/α-hetero) is 1. The minimum atomic E-state index is -0.0457. The Hall–Kier alpha value is -1.19. The predicted octanol–water partition coefficient (Wildman–Crippen LogP) is 2.31. The second kappa shape index (κ2) is 7.29. The molecule has 1 unspecified atom stereocenters. The zero-order valence-corrected chi connectivity index (χ0v) is 11.4. The first-order valence-corrected chi connectivity index (χ1v) is 6.92. The number of rotatable bonds is 8. The fourth-order valence-electron chi connectivity index (χ4n) is 2.09. The Morgan fingerprint density at radius 1 is 1.17 bits per heavy atom. The number of carbonyl (C=O) groups excluding carboxylic acids is 3. The van der Waals surface area contributed by atoms with E-state index in [0.717, 1.165) is 25.7 Å². The number of likely N-dealkylation sites (tertiary alicyclic amines) is 1. The van der Waals surface area contributed by atoms with Crippen molar-refractivity contribution in [3.05, 3.63) is 0 Å². The molecule has 102 valence electrons. The van der Waals surface area contributed by atoms with E-state index in [0.29, 0.717) is 31.6 Å². The lowest BCUT2D eigenvalue weighted by atomic mass is 9.99. The van der Waals surface area contributed by atoms with Crippen LogP contribution in [0.2, 0.25) is 0 Å². The molecule has 0 saturated carbocycles. The van der Waals surface area contributed by atoms with E-state index in [-0.39, 0.29) is 17.7 Å². The van der Waals surface area contributed by atoms with Gasteiger partial charge in [-0.2, -0.15) is 0 Å². The number of hydrogen-bond acceptors (Lipinski definition) is 3. The van der Waals surface area contributed by atoms with Crippen LogP contribution >= 0.6 is 0 Å². The van der Waals surface area contributed by atoms with E-state index >= 15 is 0 Å². The highest BCUT2D eigenvalue weighted by molar-refractivity contribution is 6.01. The number of carbonyl (C=O) groups is 3. The highest BCUT2D eigenvalue weighted by Gasteiger charge is 2.27. The topological polar surface area (TPSA) is 54.5 Å². The SMILES string of the molecule is CCC(C)C(=O)CCCCCN1C(=O)CCC1=O. The Morgan fingerprint density at radius 2 is 1.78 bits per heavy atom. The molecule has 18 heavy (non-hydrogen) atoms. The summed E-state index contributed by atoms with van der Waals surface area (Å²) in [6.07, 6.45) is 4.83. The molecule has 4 nitrogen and oxygen atoms in total. The fourth-order valence-corrected chi connectivity index (χ4v) is 2.09. The van der Waals surface area contributed by atoms with E-state index in [1.54, 1.807) is 0 Å². The standard InChI is InChI=1S/C14H23NO3/c1-3-11(2)12(16)7-5-4-6-10-15-13(17)8-9-14(15)18/h11H,3-10H2,1-2H3. The van der Waals surface area contributed by atoms with E-state index < -0.39 is 0 Å². The van der Waals surface area contributed by atoms with Crippen LogP contribution in [0.4, 0.5) is 0 Å². The van der Waals surface area contributed by atoms with Gasteiger partial charge in [-0.25, -0.2) is 0 Å². The van der Waals surface area contributed by atoms with E-state index in [2.05, 4.69) is 0 Å². The van der Waals surface area contributed by atoms with Crippen molar-refractivity contribution in [1.82, 2.24) is 4.90 Å². The third-order valence-corrected chi connectivity index (χ3v) is 3.62. The molecular weight excluding hydrogens is 230 g/mol. The second-order valence-corrected chi connectivity index (χ2v) is 5.03. The lowest BCUT2D eigenvalue weighted by Crippen LogP contribution is -2.29. The monoisotopic (exact) mass is 253 g/mol. The summed E-state index contributed by atoms with van der Waals surface area (Å²) in [6, 6.07) is 0. The van der Waals surface area contributed by atoms with Crippen molar-refractivity contribution in [1.29, 1.82) is 0 Å². The number of nitrogens with zero attached hydrogens (tertiary/aromatic N) is 1. The zero-order valence-electron chi connectivity index (χ0n) is 11.4. The third kappa shape index (κ3) is 4.24. The number of unbranched alkanes of at least 4 members (excludes halogenated alkanes) is 2. The van der Waals surface area contributed by atoms with Crippen LogP contribution < -0.4 is 0 Å². The lowest BCUT2D eigenvalue weighted by Gasteiger charge is -2.13. The van der Waals surface area contributed by atoms with Gasteiger partial charge in [0, 0.05) is 31.7 Å². The molecule has 1 saturated heterocycles. The lowest BCUT2D eigenvalue weighted by molar-refractivity contribution is -0.138. The average molecular weight is 253 g/mol. The number of amides is 2. The maximum atomic E-state index is 11.6. The molecule has 0 radical (unpaired) electrons. The molecular formula is C14H23NO3. The summed E-state index contributed by atoms with van der Waals surface area (Å²) in [5, 5.41) is 0. The first-order valence-electron chi connectivity index (χ1n) is 6.92. The van der Waals surface area contributed by atoms with Crippen molar-refractivity contribution in [3.8, 4) is 0 Å². The van der Waals surface area contributed by atoms with Gasteiger partial charge in [-0.05, 0) is 19.3 Å². The minimum absolute atomic E-state index is 0.0457. The molecule has 1 rings (SSSR count). The van der Waals surface area contributed by atoms with Crippen molar-refractivity contribution in [3.63, 3.8) is 0 Å². The summed E-state index contributed by atoms with van der Waals surface area (Å²) in [6.45, 7) is 4.51. The molecule has 0 aromatic carbocycles. The van der Waals surface area contributed by atoms with Crippen molar-refractivity contribution < 1.29 is 14.4 Å². The van der Waals surface area contributed by atoms with Crippen molar-refractivity contribution >= 4 is 17.6 Å². The van der Waals surface area contributed by atoms with Crippen molar-refractivity contribution in [2.24, 2.45) is 5.92 Å². The smallest absolute Gasteiger partial charge is 0.229 e. The van der Waals surface area contributed by atoms with Gasteiger partial charge in [-0.15, -0.1) is 0 Å². The van der Waals surface area contributed by atoms with Crippen LogP contribution in [-0.2, 0) is 14.4 Å². The van der Waals surface area contributed by atoms with Crippen LogP contribution in [0.15, 0.2) is 0 Å². The summed E-state index contributed by atoms with van der Waals surface area (Å²) in [5.41, 5.74) is 0. The van der Waals surface area contributed by atoms with Gasteiger partial charge in [0.1, 0.15) is 5.78 Å². The fraction of sp³-hybridized carbons (Fsp3) is 0.786. The normalized spacial score (nSPS) is 17.3. The maximum absolute atomic E-state index is 11.6. The minimum Gasteiger partial charge on any atom is -0.299 e. The Labute approximate surface area is 109 Å². The highest BCUT2D eigenvalue weighted by Crippen LogP contribution is 2.14. The molecule has 0 aliphatic carbocycles. The number of ketones is 1. The Bertz CT molecular complexity index is 309. The van der Waals surface area contributed by atoms with Gasteiger partial charge in [0.2, 0.25) is 11.8 Å².